The monoisotopic (exact) mass is 260 g/mol. The Kier molecular flexibility index (Phi) is 3.61. The number of aryl methyl sites for hydroxylation is 1. The Morgan fingerprint density at radius 2 is 2.16 bits per heavy atom. The van der Waals surface area contributed by atoms with Crippen LogP contribution in [0, 0.1) is 0 Å². The maximum Gasteiger partial charge on any atom is 0.354 e. The van der Waals surface area contributed by atoms with Gasteiger partial charge in [0.2, 0.25) is 0 Å². The number of carboxylic acids is 1. The summed E-state index contributed by atoms with van der Waals surface area (Å²) in [5.74, 6) is -0.679. The molecule has 2 aromatic rings. The van der Waals surface area contributed by atoms with Gasteiger partial charge in [0.25, 0.3) is 5.91 Å². The van der Waals surface area contributed by atoms with Crippen LogP contribution >= 0.6 is 0 Å². The highest BCUT2D eigenvalue weighted by atomic mass is 16.4. The quantitative estimate of drug-likeness (QED) is 0.879. The lowest BCUT2D eigenvalue weighted by molar-refractivity contribution is 0.0690. The molecule has 0 aromatic carbocycles. The molecule has 0 spiro atoms. The molecular weight excluding hydrogens is 248 g/mol. The molecule has 0 bridgehead atoms. The van der Waals surface area contributed by atoms with E-state index in [1.165, 1.54) is 18.3 Å². The molecule has 2 heterocycles. The van der Waals surface area contributed by atoms with Crippen molar-refractivity contribution in [1.82, 2.24) is 4.98 Å². The van der Waals surface area contributed by atoms with Gasteiger partial charge in [-0.15, -0.1) is 0 Å². The summed E-state index contributed by atoms with van der Waals surface area (Å²) in [6.07, 6.45) is 2.02. The molecule has 0 saturated heterocycles. The van der Waals surface area contributed by atoms with Crippen LogP contribution in [0.1, 0.15) is 33.7 Å². The van der Waals surface area contributed by atoms with Crippen LogP contribution in [0.4, 0.5) is 5.69 Å². The molecule has 0 aliphatic carbocycles. The number of carbonyl (C=O) groups excluding carboxylic acids is 1. The van der Waals surface area contributed by atoms with Gasteiger partial charge >= 0.3 is 5.97 Å². The first-order valence-corrected chi connectivity index (χ1v) is 5.69. The third kappa shape index (κ3) is 2.98. The van der Waals surface area contributed by atoms with Gasteiger partial charge in [-0.05, 0) is 24.3 Å². The van der Waals surface area contributed by atoms with E-state index in [9.17, 15) is 9.59 Å². The van der Waals surface area contributed by atoms with Crippen molar-refractivity contribution in [2.45, 2.75) is 13.3 Å². The molecule has 2 N–H and O–H groups in total. The van der Waals surface area contributed by atoms with Crippen LogP contribution in [0.25, 0.3) is 0 Å². The molecule has 0 saturated carbocycles. The average Bonchev–Trinajstić information content (AvgIpc) is 2.88. The topological polar surface area (TPSA) is 92.4 Å². The van der Waals surface area contributed by atoms with Crippen LogP contribution in [-0.4, -0.2) is 22.0 Å². The summed E-state index contributed by atoms with van der Waals surface area (Å²) >= 11 is 0. The van der Waals surface area contributed by atoms with Crippen LogP contribution in [0.5, 0.6) is 0 Å². The fourth-order valence-electron chi connectivity index (χ4n) is 1.51. The number of nitrogens with one attached hydrogen (secondary N) is 1. The van der Waals surface area contributed by atoms with Gasteiger partial charge in [0.05, 0.1) is 0 Å². The number of carbonyl (C=O) groups is 2. The molecule has 6 nitrogen and oxygen atoms in total. The molecule has 98 valence electrons. The van der Waals surface area contributed by atoms with E-state index >= 15 is 0 Å². The van der Waals surface area contributed by atoms with Crippen molar-refractivity contribution in [2.75, 3.05) is 5.32 Å². The van der Waals surface area contributed by atoms with Crippen LogP contribution in [0.15, 0.2) is 34.9 Å². The number of rotatable bonds is 4. The number of hydrogen-bond donors (Lipinski definition) is 2. The number of furan rings is 1. The number of aromatic nitrogens is 1. The lowest BCUT2D eigenvalue weighted by Gasteiger charge is -2.03. The number of aromatic carboxylic acids is 1. The normalized spacial score (nSPS) is 10.2. The van der Waals surface area contributed by atoms with E-state index in [0.717, 1.165) is 0 Å². The fourth-order valence-corrected chi connectivity index (χ4v) is 1.51. The predicted molar refractivity (Wildman–Crippen MR) is 67.2 cm³/mol. The number of amides is 1. The van der Waals surface area contributed by atoms with E-state index in [1.807, 2.05) is 6.92 Å². The van der Waals surface area contributed by atoms with Gasteiger partial charge in [0.1, 0.15) is 11.5 Å². The van der Waals surface area contributed by atoms with Crippen molar-refractivity contribution in [3.05, 3.63) is 47.7 Å². The molecule has 0 radical (unpaired) electrons. The lowest BCUT2D eigenvalue weighted by Crippen LogP contribution is -2.12. The predicted octanol–water partition coefficient (Wildman–Crippen LogP) is 2.19. The Hall–Kier alpha value is -2.63. The summed E-state index contributed by atoms with van der Waals surface area (Å²) in [6.45, 7) is 1.92. The second-order valence-corrected chi connectivity index (χ2v) is 3.81. The Morgan fingerprint density at radius 3 is 2.79 bits per heavy atom. The molecule has 0 fully saturated rings. The molecule has 19 heavy (non-hydrogen) atoms. The average molecular weight is 260 g/mol. The summed E-state index contributed by atoms with van der Waals surface area (Å²) in [5, 5.41) is 11.4. The molecule has 2 rings (SSSR count). The molecule has 1 amide bonds. The highest BCUT2D eigenvalue weighted by Gasteiger charge is 2.12. The lowest BCUT2D eigenvalue weighted by atomic mass is 10.3. The van der Waals surface area contributed by atoms with Crippen LogP contribution < -0.4 is 5.32 Å². The third-order valence-corrected chi connectivity index (χ3v) is 2.47. The smallest absolute Gasteiger partial charge is 0.354 e. The number of nitrogens with zero attached hydrogens (tertiary/aromatic N) is 1. The Morgan fingerprint density at radius 1 is 1.37 bits per heavy atom. The molecule has 0 aliphatic heterocycles. The molecular formula is C13H12N2O4. The summed E-state index contributed by atoms with van der Waals surface area (Å²) in [6, 6.07) is 6.09. The molecule has 6 heteroatoms. The van der Waals surface area contributed by atoms with E-state index < -0.39 is 11.9 Å². The van der Waals surface area contributed by atoms with Gasteiger partial charge < -0.3 is 14.8 Å². The first-order valence-electron chi connectivity index (χ1n) is 5.69. The second-order valence-electron chi connectivity index (χ2n) is 3.81. The van der Waals surface area contributed by atoms with Crippen molar-refractivity contribution in [2.24, 2.45) is 0 Å². The largest absolute Gasteiger partial charge is 0.477 e. The summed E-state index contributed by atoms with van der Waals surface area (Å²) in [7, 11) is 0. The standard InChI is InChI=1S/C13H12N2O4/c1-2-9-3-4-11(19-9)12(16)15-8-5-6-14-10(7-8)13(17)18/h3-7H,2H2,1H3,(H,17,18)(H,14,15,16). The number of anilines is 1. The number of carboxylic acid groups (broad SMARTS) is 1. The van der Waals surface area contributed by atoms with Crippen molar-refractivity contribution in [3.8, 4) is 0 Å². The van der Waals surface area contributed by atoms with Crippen molar-refractivity contribution < 1.29 is 19.1 Å². The zero-order valence-corrected chi connectivity index (χ0v) is 10.2. The van der Waals surface area contributed by atoms with Gasteiger partial charge in [-0.3, -0.25) is 4.79 Å². The zero-order valence-electron chi connectivity index (χ0n) is 10.2. The summed E-state index contributed by atoms with van der Waals surface area (Å²) in [4.78, 5) is 26.3. The van der Waals surface area contributed by atoms with Gasteiger partial charge in [0, 0.05) is 18.3 Å². The minimum Gasteiger partial charge on any atom is -0.477 e. The molecule has 0 unspecified atom stereocenters. The van der Waals surface area contributed by atoms with Gasteiger partial charge in [-0.1, -0.05) is 6.92 Å². The van der Waals surface area contributed by atoms with Crippen LogP contribution in [0.3, 0.4) is 0 Å². The van der Waals surface area contributed by atoms with Gasteiger partial charge in [-0.25, -0.2) is 9.78 Å². The van der Waals surface area contributed by atoms with E-state index in [2.05, 4.69) is 10.3 Å². The van der Waals surface area contributed by atoms with Crippen LogP contribution in [0.2, 0.25) is 0 Å². The zero-order chi connectivity index (χ0) is 13.8. The number of pyridine rings is 1. The minimum absolute atomic E-state index is 0.133. The Bertz CT molecular complexity index is 619. The third-order valence-electron chi connectivity index (χ3n) is 2.47. The van der Waals surface area contributed by atoms with Gasteiger partial charge in [0.15, 0.2) is 5.76 Å². The van der Waals surface area contributed by atoms with Crippen molar-refractivity contribution >= 4 is 17.6 Å². The van der Waals surface area contributed by atoms with E-state index in [4.69, 9.17) is 9.52 Å². The molecule has 0 atom stereocenters. The van der Waals surface area contributed by atoms with E-state index in [1.54, 1.807) is 12.1 Å². The summed E-state index contributed by atoms with van der Waals surface area (Å²) in [5.41, 5.74) is 0.221. The SMILES string of the molecule is CCc1ccc(C(=O)Nc2ccnc(C(=O)O)c2)o1. The highest BCUT2D eigenvalue weighted by Crippen LogP contribution is 2.13. The Labute approximate surface area is 109 Å². The van der Waals surface area contributed by atoms with Crippen molar-refractivity contribution in [3.63, 3.8) is 0 Å². The summed E-state index contributed by atoms with van der Waals surface area (Å²) < 4.78 is 5.30. The maximum atomic E-state index is 11.9. The van der Waals surface area contributed by atoms with Crippen LogP contribution in [-0.2, 0) is 6.42 Å². The minimum atomic E-state index is -1.15. The van der Waals surface area contributed by atoms with E-state index in [0.29, 0.717) is 17.9 Å². The first kappa shape index (κ1) is 12.8. The van der Waals surface area contributed by atoms with Crippen molar-refractivity contribution in [1.29, 1.82) is 0 Å². The first-order chi connectivity index (χ1) is 9.10. The van der Waals surface area contributed by atoms with E-state index in [-0.39, 0.29) is 11.5 Å². The number of hydrogen-bond acceptors (Lipinski definition) is 4. The maximum absolute atomic E-state index is 11.9. The molecule has 0 aliphatic rings. The molecule has 2 aromatic heterocycles. The Balaban J connectivity index is 2.14. The van der Waals surface area contributed by atoms with Gasteiger partial charge in [-0.2, -0.15) is 0 Å². The second kappa shape index (κ2) is 5.34. The highest BCUT2D eigenvalue weighted by molar-refractivity contribution is 6.02. The fraction of sp³-hybridized carbons (Fsp3) is 0.154.